The summed E-state index contributed by atoms with van der Waals surface area (Å²) in [5.74, 6) is -0.233. The van der Waals surface area contributed by atoms with E-state index in [9.17, 15) is 4.79 Å². The highest BCUT2D eigenvalue weighted by atomic mass is 16.5. The summed E-state index contributed by atoms with van der Waals surface area (Å²) in [7, 11) is 0. The van der Waals surface area contributed by atoms with Gasteiger partial charge >= 0.3 is 0 Å². The number of rotatable bonds is 6. The summed E-state index contributed by atoms with van der Waals surface area (Å²) in [6.45, 7) is 2.68. The van der Waals surface area contributed by atoms with Gasteiger partial charge in [0.15, 0.2) is 0 Å². The number of nitriles is 1. The average molecular weight is 232 g/mol. The molecule has 0 aliphatic rings. The average Bonchev–Trinajstić information content (AvgIpc) is 2.35. The molecule has 0 aromatic heterocycles. The first-order valence-electron chi connectivity index (χ1n) is 5.64. The minimum Gasteiger partial charge on any atom is -0.372 e. The first kappa shape index (κ1) is 13.2. The van der Waals surface area contributed by atoms with Crippen LogP contribution >= 0.6 is 0 Å². The zero-order chi connectivity index (χ0) is 12.5. The predicted octanol–water partition coefficient (Wildman–Crippen LogP) is 2.31. The fraction of sp³-hybridized carbons (Fsp3) is 0.385. The molecule has 1 rings (SSSR count). The molecule has 0 aliphatic heterocycles. The largest absolute Gasteiger partial charge is 0.372 e. The second-order valence-corrected chi connectivity index (χ2v) is 3.61. The van der Waals surface area contributed by atoms with Crippen LogP contribution in [0.1, 0.15) is 25.3 Å². The van der Waals surface area contributed by atoms with E-state index >= 15 is 0 Å². The molecule has 0 saturated carbocycles. The Hall–Kier alpha value is -1.86. The molecule has 0 unspecified atom stereocenters. The zero-order valence-corrected chi connectivity index (χ0v) is 9.90. The second kappa shape index (κ2) is 7.42. The SMILES string of the molecule is CCCCOCC(=O)Nc1ccccc1C#N. The lowest BCUT2D eigenvalue weighted by Gasteiger charge is -2.07. The smallest absolute Gasteiger partial charge is 0.250 e. The number of carbonyl (C=O) groups is 1. The number of nitrogens with zero attached hydrogens (tertiary/aromatic N) is 1. The number of nitrogens with one attached hydrogen (secondary N) is 1. The Labute approximate surface area is 101 Å². The van der Waals surface area contributed by atoms with E-state index in [0.717, 1.165) is 12.8 Å². The molecule has 0 bridgehead atoms. The molecule has 4 nitrogen and oxygen atoms in total. The highest BCUT2D eigenvalue weighted by molar-refractivity contribution is 5.92. The molecule has 0 fully saturated rings. The van der Waals surface area contributed by atoms with E-state index in [1.165, 1.54) is 0 Å². The fourth-order valence-corrected chi connectivity index (χ4v) is 1.29. The molecule has 0 saturated heterocycles. The van der Waals surface area contributed by atoms with Crippen molar-refractivity contribution in [2.75, 3.05) is 18.5 Å². The maximum Gasteiger partial charge on any atom is 0.250 e. The Morgan fingerprint density at radius 1 is 1.47 bits per heavy atom. The number of benzene rings is 1. The van der Waals surface area contributed by atoms with E-state index in [1.807, 2.05) is 6.07 Å². The van der Waals surface area contributed by atoms with Crippen LogP contribution in [0.15, 0.2) is 24.3 Å². The molecule has 0 spiro atoms. The number of hydrogen-bond acceptors (Lipinski definition) is 3. The Bertz CT molecular complexity index is 410. The van der Waals surface area contributed by atoms with Crippen molar-refractivity contribution in [3.63, 3.8) is 0 Å². The van der Waals surface area contributed by atoms with Crippen LogP contribution in [0.4, 0.5) is 5.69 Å². The number of para-hydroxylation sites is 1. The maximum absolute atomic E-state index is 11.5. The van der Waals surface area contributed by atoms with Gasteiger partial charge in [0.05, 0.1) is 11.3 Å². The molecule has 1 aromatic rings. The fourth-order valence-electron chi connectivity index (χ4n) is 1.29. The van der Waals surface area contributed by atoms with Gasteiger partial charge in [0, 0.05) is 6.61 Å². The number of amides is 1. The molecular formula is C13H16N2O2. The molecule has 1 aromatic carbocycles. The molecule has 0 radical (unpaired) electrons. The highest BCUT2D eigenvalue weighted by Gasteiger charge is 2.05. The lowest BCUT2D eigenvalue weighted by atomic mass is 10.2. The quantitative estimate of drug-likeness (QED) is 0.765. The molecule has 4 heteroatoms. The van der Waals surface area contributed by atoms with E-state index in [1.54, 1.807) is 24.3 Å². The monoisotopic (exact) mass is 232 g/mol. The van der Waals surface area contributed by atoms with E-state index in [4.69, 9.17) is 10.00 Å². The van der Waals surface area contributed by atoms with Crippen LogP contribution in [0.25, 0.3) is 0 Å². The second-order valence-electron chi connectivity index (χ2n) is 3.61. The molecule has 1 amide bonds. The summed E-state index contributed by atoms with van der Waals surface area (Å²) in [5, 5.41) is 11.5. The van der Waals surface area contributed by atoms with E-state index in [-0.39, 0.29) is 12.5 Å². The predicted molar refractivity (Wildman–Crippen MR) is 65.5 cm³/mol. The number of hydrogen-bond donors (Lipinski definition) is 1. The molecule has 90 valence electrons. The van der Waals surface area contributed by atoms with Crippen LogP contribution in [-0.2, 0) is 9.53 Å². The van der Waals surface area contributed by atoms with Crippen molar-refractivity contribution >= 4 is 11.6 Å². The topological polar surface area (TPSA) is 62.1 Å². The van der Waals surface area contributed by atoms with Gasteiger partial charge in [0.1, 0.15) is 12.7 Å². The third kappa shape index (κ3) is 4.66. The third-order valence-electron chi connectivity index (χ3n) is 2.20. The Balaban J connectivity index is 2.43. The molecule has 17 heavy (non-hydrogen) atoms. The van der Waals surface area contributed by atoms with Crippen LogP contribution < -0.4 is 5.32 Å². The summed E-state index contributed by atoms with van der Waals surface area (Å²) >= 11 is 0. The standard InChI is InChI=1S/C13H16N2O2/c1-2-3-8-17-10-13(16)15-12-7-5-4-6-11(12)9-14/h4-7H,2-3,8,10H2,1H3,(H,15,16). The molecule has 1 N–H and O–H groups in total. The van der Waals surface area contributed by atoms with Crippen LogP contribution in [-0.4, -0.2) is 19.1 Å². The molecular weight excluding hydrogens is 216 g/mol. The Morgan fingerprint density at radius 2 is 2.24 bits per heavy atom. The van der Waals surface area contributed by atoms with Crippen LogP contribution in [0, 0.1) is 11.3 Å². The van der Waals surface area contributed by atoms with Gasteiger partial charge in [-0.15, -0.1) is 0 Å². The van der Waals surface area contributed by atoms with E-state index in [2.05, 4.69) is 12.2 Å². The van der Waals surface area contributed by atoms with Gasteiger partial charge in [0.25, 0.3) is 0 Å². The van der Waals surface area contributed by atoms with Crippen molar-refractivity contribution in [1.29, 1.82) is 5.26 Å². The van der Waals surface area contributed by atoms with Crippen molar-refractivity contribution in [2.45, 2.75) is 19.8 Å². The van der Waals surface area contributed by atoms with Crippen molar-refractivity contribution in [3.05, 3.63) is 29.8 Å². The lowest BCUT2D eigenvalue weighted by molar-refractivity contribution is -0.120. The molecule has 0 heterocycles. The maximum atomic E-state index is 11.5. The first-order valence-corrected chi connectivity index (χ1v) is 5.64. The summed E-state index contributed by atoms with van der Waals surface area (Å²) in [6.07, 6.45) is 1.99. The number of ether oxygens (including phenoxy) is 1. The Kier molecular flexibility index (Phi) is 5.76. The number of carbonyl (C=O) groups excluding carboxylic acids is 1. The van der Waals surface area contributed by atoms with Crippen molar-refractivity contribution in [3.8, 4) is 6.07 Å². The highest BCUT2D eigenvalue weighted by Crippen LogP contribution is 2.13. The number of anilines is 1. The van der Waals surface area contributed by atoms with Gasteiger partial charge in [-0.25, -0.2) is 0 Å². The number of unbranched alkanes of at least 4 members (excludes halogenated alkanes) is 1. The zero-order valence-electron chi connectivity index (χ0n) is 9.90. The van der Waals surface area contributed by atoms with E-state index < -0.39 is 0 Å². The summed E-state index contributed by atoms with van der Waals surface area (Å²) < 4.78 is 5.19. The van der Waals surface area contributed by atoms with Gasteiger partial charge in [-0.05, 0) is 18.6 Å². The van der Waals surface area contributed by atoms with Gasteiger partial charge in [-0.3, -0.25) is 4.79 Å². The van der Waals surface area contributed by atoms with Gasteiger partial charge < -0.3 is 10.1 Å². The van der Waals surface area contributed by atoms with Crippen molar-refractivity contribution in [1.82, 2.24) is 0 Å². The van der Waals surface area contributed by atoms with Gasteiger partial charge in [0.2, 0.25) is 5.91 Å². The minimum absolute atomic E-state index is 0.0275. The third-order valence-corrected chi connectivity index (χ3v) is 2.20. The van der Waals surface area contributed by atoms with Gasteiger partial charge in [-0.1, -0.05) is 25.5 Å². The minimum atomic E-state index is -0.233. The summed E-state index contributed by atoms with van der Waals surface area (Å²) in [6, 6.07) is 8.91. The molecule has 0 aliphatic carbocycles. The van der Waals surface area contributed by atoms with E-state index in [0.29, 0.717) is 17.9 Å². The van der Waals surface area contributed by atoms with Crippen LogP contribution in [0.5, 0.6) is 0 Å². The first-order chi connectivity index (χ1) is 8.27. The van der Waals surface area contributed by atoms with Crippen LogP contribution in [0.3, 0.4) is 0 Å². The summed E-state index contributed by atoms with van der Waals surface area (Å²) in [5.41, 5.74) is 0.980. The van der Waals surface area contributed by atoms with Crippen LogP contribution in [0.2, 0.25) is 0 Å². The van der Waals surface area contributed by atoms with Crippen molar-refractivity contribution in [2.24, 2.45) is 0 Å². The Morgan fingerprint density at radius 3 is 2.94 bits per heavy atom. The lowest BCUT2D eigenvalue weighted by Crippen LogP contribution is -2.19. The van der Waals surface area contributed by atoms with Crippen molar-refractivity contribution < 1.29 is 9.53 Å². The van der Waals surface area contributed by atoms with Gasteiger partial charge in [-0.2, -0.15) is 5.26 Å². The summed E-state index contributed by atoms with van der Waals surface area (Å²) in [4.78, 5) is 11.5. The normalized spacial score (nSPS) is 9.65. The molecule has 0 atom stereocenters.